The van der Waals surface area contributed by atoms with Gasteiger partial charge in [-0.1, -0.05) is 0 Å². The van der Waals surface area contributed by atoms with Crippen molar-refractivity contribution >= 4 is 6.08 Å². The summed E-state index contributed by atoms with van der Waals surface area (Å²) in [4.78, 5) is 0. The predicted octanol–water partition coefficient (Wildman–Crippen LogP) is 4.53. The lowest BCUT2D eigenvalue weighted by atomic mass is 9.82. The molecule has 2 rings (SSSR count). The number of alkyl halides is 3. The first-order valence-electron chi connectivity index (χ1n) is 6.77. The van der Waals surface area contributed by atoms with Crippen molar-refractivity contribution in [3.05, 3.63) is 41.0 Å². The Bertz CT molecular complexity index is 504. The smallest absolute Gasteiger partial charge is 0.328 e. The minimum Gasteiger partial charge on any atom is -0.328 e. The van der Waals surface area contributed by atoms with Crippen LogP contribution in [0.2, 0.25) is 0 Å². The van der Waals surface area contributed by atoms with Gasteiger partial charge in [0.1, 0.15) is 11.6 Å². The highest BCUT2D eigenvalue weighted by Gasteiger charge is 2.24. The Morgan fingerprint density at radius 3 is 2.00 bits per heavy atom. The molecule has 2 N–H and O–H groups in total. The van der Waals surface area contributed by atoms with Crippen molar-refractivity contribution in [1.82, 2.24) is 0 Å². The Morgan fingerprint density at radius 1 is 1.00 bits per heavy atom. The normalized spacial score (nSPS) is 23.7. The second kappa shape index (κ2) is 6.13. The molecule has 0 aliphatic heterocycles. The first-order valence-corrected chi connectivity index (χ1v) is 6.77. The zero-order valence-corrected chi connectivity index (χ0v) is 11.3. The Morgan fingerprint density at radius 2 is 1.52 bits per heavy atom. The van der Waals surface area contributed by atoms with E-state index in [1.165, 1.54) is 0 Å². The molecule has 0 aromatic heterocycles. The van der Waals surface area contributed by atoms with E-state index < -0.39 is 23.4 Å². The van der Waals surface area contributed by atoms with E-state index in [4.69, 9.17) is 5.73 Å². The Balaban J connectivity index is 2.23. The van der Waals surface area contributed by atoms with Gasteiger partial charge in [0.25, 0.3) is 0 Å². The van der Waals surface area contributed by atoms with Gasteiger partial charge >= 0.3 is 6.18 Å². The number of rotatable bonds is 2. The molecule has 0 spiro atoms. The van der Waals surface area contributed by atoms with Crippen LogP contribution in [0.5, 0.6) is 0 Å². The lowest BCUT2D eigenvalue weighted by molar-refractivity contribution is -0.0790. The van der Waals surface area contributed by atoms with E-state index in [1.54, 1.807) is 0 Å². The summed E-state index contributed by atoms with van der Waals surface area (Å²) in [5.74, 6) is -1.94. The zero-order chi connectivity index (χ0) is 15.6. The number of nitrogens with two attached hydrogens (primary N) is 1. The van der Waals surface area contributed by atoms with Crippen molar-refractivity contribution in [1.29, 1.82) is 0 Å². The summed E-state index contributed by atoms with van der Waals surface area (Å²) >= 11 is 0. The van der Waals surface area contributed by atoms with Gasteiger partial charge in [-0.25, -0.2) is 8.78 Å². The first kappa shape index (κ1) is 15.9. The lowest BCUT2D eigenvalue weighted by Gasteiger charge is -2.26. The maximum absolute atomic E-state index is 13.8. The van der Waals surface area contributed by atoms with Gasteiger partial charge in [-0.15, -0.1) is 0 Å². The summed E-state index contributed by atoms with van der Waals surface area (Å²) in [5.41, 5.74) is 5.60. The first-order chi connectivity index (χ1) is 9.76. The van der Waals surface area contributed by atoms with Gasteiger partial charge in [0, 0.05) is 17.7 Å². The van der Waals surface area contributed by atoms with Crippen LogP contribution in [0.15, 0.2) is 18.2 Å². The second-order valence-corrected chi connectivity index (χ2v) is 5.38. The number of allylic oxidation sites excluding steroid dienone is 1. The Labute approximate surface area is 119 Å². The third kappa shape index (κ3) is 4.27. The fourth-order valence-electron chi connectivity index (χ4n) is 2.63. The van der Waals surface area contributed by atoms with E-state index in [-0.39, 0.29) is 18.0 Å². The molecule has 0 atom stereocenters. The molecule has 21 heavy (non-hydrogen) atoms. The molecule has 0 bridgehead atoms. The summed E-state index contributed by atoms with van der Waals surface area (Å²) in [6.45, 7) is 0. The molecule has 6 heteroatoms. The molecule has 116 valence electrons. The van der Waals surface area contributed by atoms with Gasteiger partial charge < -0.3 is 5.73 Å². The molecule has 1 fully saturated rings. The number of halogens is 5. The molecule has 0 radical (unpaired) electrons. The van der Waals surface area contributed by atoms with Gasteiger partial charge in [-0.05, 0) is 55.4 Å². The molecular weight excluding hydrogens is 289 g/mol. The average Bonchev–Trinajstić information content (AvgIpc) is 2.37. The minimum absolute atomic E-state index is 0.00875. The summed E-state index contributed by atoms with van der Waals surface area (Å²) in [5, 5.41) is 0. The lowest BCUT2D eigenvalue weighted by Crippen LogP contribution is -2.25. The monoisotopic (exact) mass is 305 g/mol. The molecule has 0 unspecified atom stereocenters. The fourth-order valence-corrected chi connectivity index (χ4v) is 2.63. The maximum atomic E-state index is 13.8. The molecule has 1 aromatic rings. The average molecular weight is 305 g/mol. The molecule has 0 saturated heterocycles. The summed E-state index contributed by atoms with van der Waals surface area (Å²) in [6, 6.07) is 2.37. The van der Waals surface area contributed by atoms with E-state index in [2.05, 4.69) is 0 Å². The Kier molecular flexibility index (Phi) is 4.66. The van der Waals surface area contributed by atoms with Crippen LogP contribution in [0, 0.1) is 11.6 Å². The molecular formula is C15H16F5N. The van der Waals surface area contributed by atoms with Crippen molar-refractivity contribution in [2.75, 3.05) is 0 Å². The molecule has 1 nitrogen and oxygen atoms in total. The predicted molar refractivity (Wildman–Crippen MR) is 70.6 cm³/mol. The number of benzene rings is 1. The minimum atomic E-state index is -4.60. The molecule has 0 amide bonds. The highest BCUT2D eigenvalue weighted by atomic mass is 19.4. The summed E-state index contributed by atoms with van der Waals surface area (Å²) in [6.07, 6.45) is -1.32. The maximum Gasteiger partial charge on any atom is 0.409 e. The third-order valence-corrected chi connectivity index (χ3v) is 3.78. The molecule has 1 aromatic carbocycles. The van der Waals surface area contributed by atoms with Crippen molar-refractivity contribution < 1.29 is 22.0 Å². The van der Waals surface area contributed by atoms with Crippen LogP contribution in [0.3, 0.4) is 0 Å². The summed E-state index contributed by atoms with van der Waals surface area (Å²) in [7, 11) is 0. The van der Waals surface area contributed by atoms with E-state index in [9.17, 15) is 22.0 Å². The number of hydrogen-bond acceptors (Lipinski definition) is 1. The van der Waals surface area contributed by atoms with Crippen molar-refractivity contribution in [2.45, 2.75) is 43.8 Å². The van der Waals surface area contributed by atoms with E-state index in [1.807, 2.05) is 0 Å². The van der Waals surface area contributed by atoms with Gasteiger partial charge in [0.05, 0.1) is 0 Å². The molecule has 1 saturated carbocycles. The van der Waals surface area contributed by atoms with Crippen LogP contribution in [0.1, 0.15) is 42.7 Å². The van der Waals surface area contributed by atoms with Gasteiger partial charge in [0.2, 0.25) is 0 Å². The van der Waals surface area contributed by atoms with Gasteiger partial charge in [-0.2, -0.15) is 13.2 Å². The standard InChI is InChI=1S/C15H16F5N/c16-13-7-10(9-1-3-11(21)4-2-9)8-14(17)12(13)5-6-15(18,19)20/h5-9,11H,1-4,21H2. The largest absolute Gasteiger partial charge is 0.409 e. The number of hydrogen-bond donors (Lipinski definition) is 1. The summed E-state index contributed by atoms with van der Waals surface area (Å²) < 4.78 is 63.9. The highest BCUT2D eigenvalue weighted by Crippen LogP contribution is 2.34. The molecule has 1 aliphatic carbocycles. The van der Waals surface area contributed by atoms with Gasteiger partial charge in [0.15, 0.2) is 0 Å². The second-order valence-electron chi connectivity index (χ2n) is 5.38. The third-order valence-electron chi connectivity index (χ3n) is 3.78. The van der Waals surface area contributed by atoms with E-state index >= 15 is 0 Å². The van der Waals surface area contributed by atoms with Crippen molar-refractivity contribution in [3.63, 3.8) is 0 Å². The van der Waals surface area contributed by atoms with Crippen LogP contribution in [0.25, 0.3) is 6.08 Å². The quantitative estimate of drug-likeness (QED) is 0.798. The topological polar surface area (TPSA) is 26.0 Å². The van der Waals surface area contributed by atoms with Crippen molar-refractivity contribution in [2.24, 2.45) is 5.73 Å². The van der Waals surface area contributed by atoms with Crippen LogP contribution in [-0.4, -0.2) is 12.2 Å². The van der Waals surface area contributed by atoms with E-state index in [0.717, 1.165) is 37.8 Å². The van der Waals surface area contributed by atoms with Crippen LogP contribution in [-0.2, 0) is 0 Å². The fraction of sp³-hybridized carbons (Fsp3) is 0.467. The molecule has 0 heterocycles. The van der Waals surface area contributed by atoms with E-state index in [0.29, 0.717) is 11.6 Å². The highest BCUT2D eigenvalue weighted by molar-refractivity contribution is 5.52. The van der Waals surface area contributed by atoms with Gasteiger partial charge in [-0.3, -0.25) is 0 Å². The van der Waals surface area contributed by atoms with Crippen LogP contribution in [0.4, 0.5) is 22.0 Å². The van der Waals surface area contributed by atoms with Crippen molar-refractivity contribution in [3.8, 4) is 0 Å². The zero-order valence-electron chi connectivity index (χ0n) is 11.3. The Hall–Kier alpha value is -1.43. The van der Waals surface area contributed by atoms with Crippen LogP contribution < -0.4 is 5.73 Å². The molecule has 1 aliphatic rings. The SMILES string of the molecule is NC1CCC(c2cc(F)c(C=CC(F)(F)F)c(F)c2)CC1. The van der Waals surface area contributed by atoms with Crippen LogP contribution >= 0.6 is 0 Å².